The summed E-state index contributed by atoms with van der Waals surface area (Å²) in [5.41, 5.74) is 0. The van der Waals surface area contributed by atoms with E-state index < -0.39 is 10.1 Å². The zero-order valence-corrected chi connectivity index (χ0v) is 12.4. The monoisotopic (exact) mass is 292 g/mol. The minimum absolute atomic E-state index is 0.145. The molecule has 1 aliphatic heterocycles. The summed E-state index contributed by atoms with van der Waals surface area (Å²) in [6, 6.07) is 0. The molecule has 1 saturated heterocycles. The first kappa shape index (κ1) is 16.6. The second-order valence-corrected chi connectivity index (χ2v) is 6.42. The van der Waals surface area contributed by atoms with Crippen molar-refractivity contribution in [3.63, 3.8) is 0 Å². The summed E-state index contributed by atoms with van der Waals surface area (Å²) in [6.45, 7) is 6.16. The highest BCUT2D eigenvalue weighted by molar-refractivity contribution is 7.88. The van der Waals surface area contributed by atoms with Crippen molar-refractivity contribution in [1.82, 2.24) is 0 Å². The molecule has 0 aromatic carbocycles. The van der Waals surface area contributed by atoms with Gasteiger partial charge in [-0.1, -0.05) is 26.3 Å². The highest BCUT2D eigenvalue weighted by Gasteiger charge is 2.24. The zero-order valence-electron chi connectivity index (χ0n) is 11.6. The maximum absolute atomic E-state index is 10.6. The fourth-order valence-corrected chi connectivity index (χ4v) is 2.74. The molecule has 0 aromatic rings. The van der Waals surface area contributed by atoms with Crippen LogP contribution in [0.1, 0.15) is 33.1 Å². The quantitative estimate of drug-likeness (QED) is 0.729. The molecular weight excluding hydrogens is 268 g/mol. The standard InChI is InChI=1S/C13H24O5S/c1-3-12(13-10-17-6-7-18-13)9-11(2)5-4-8-19(14,15)16/h4,8,11-13H,3,5-7,9-10H2,1-2H3,(H,14,15,16). The lowest BCUT2D eigenvalue weighted by atomic mass is 9.87. The summed E-state index contributed by atoms with van der Waals surface area (Å²) in [5, 5.41) is 0.852. The maximum Gasteiger partial charge on any atom is 0.287 e. The van der Waals surface area contributed by atoms with Crippen LogP contribution in [0.2, 0.25) is 0 Å². The minimum atomic E-state index is -4.00. The SMILES string of the molecule is CCC(CC(C)CC=CS(=O)(=O)O)C1COCCO1. The van der Waals surface area contributed by atoms with Crippen molar-refractivity contribution in [1.29, 1.82) is 0 Å². The third kappa shape index (κ3) is 7.06. The largest absolute Gasteiger partial charge is 0.376 e. The predicted molar refractivity (Wildman–Crippen MR) is 73.4 cm³/mol. The van der Waals surface area contributed by atoms with Crippen LogP contribution in [0.3, 0.4) is 0 Å². The van der Waals surface area contributed by atoms with E-state index >= 15 is 0 Å². The Kier molecular flexibility index (Phi) is 6.99. The molecule has 1 fully saturated rings. The fourth-order valence-electron chi connectivity index (χ4n) is 2.38. The number of allylic oxidation sites excluding steroid dienone is 1. The van der Waals surface area contributed by atoms with E-state index in [0.29, 0.717) is 38.1 Å². The highest BCUT2D eigenvalue weighted by Crippen LogP contribution is 2.25. The Balaban J connectivity index is 2.39. The van der Waals surface area contributed by atoms with Gasteiger partial charge < -0.3 is 9.47 Å². The van der Waals surface area contributed by atoms with Crippen molar-refractivity contribution in [3.8, 4) is 0 Å². The van der Waals surface area contributed by atoms with E-state index in [1.165, 1.54) is 6.08 Å². The first-order valence-corrected chi connectivity index (χ1v) is 8.26. The van der Waals surface area contributed by atoms with E-state index in [0.717, 1.165) is 18.2 Å². The average molecular weight is 292 g/mol. The third-order valence-corrected chi connectivity index (χ3v) is 3.94. The first-order valence-electron chi connectivity index (χ1n) is 6.75. The maximum atomic E-state index is 10.6. The molecule has 1 rings (SSSR count). The van der Waals surface area contributed by atoms with Crippen molar-refractivity contribution >= 4 is 10.1 Å². The summed E-state index contributed by atoms with van der Waals surface area (Å²) in [4.78, 5) is 0. The number of hydrogen-bond acceptors (Lipinski definition) is 4. The van der Waals surface area contributed by atoms with Crippen molar-refractivity contribution in [3.05, 3.63) is 11.5 Å². The molecule has 0 radical (unpaired) electrons. The Hall–Kier alpha value is -0.430. The third-order valence-electron chi connectivity index (χ3n) is 3.40. The molecule has 1 heterocycles. The second-order valence-electron chi connectivity index (χ2n) is 5.12. The van der Waals surface area contributed by atoms with Crippen LogP contribution in [-0.2, 0) is 19.6 Å². The molecule has 0 aromatic heterocycles. The van der Waals surface area contributed by atoms with E-state index in [1.54, 1.807) is 0 Å². The molecule has 0 bridgehead atoms. The Morgan fingerprint density at radius 3 is 2.68 bits per heavy atom. The van der Waals surface area contributed by atoms with Gasteiger partial charge in [0.1, 0.15) is 0 Å². The van der Waals surface area contributed by atoms with Gasteiger partial charge in [-0.3, -0.25) is 4.55 Å². The highest BCUT2D eigenvalue weighted by atomic mass is 32.2. The molecule has 112 valence electrons. The molecule has 0 saturated carbocycles. The van der Waals surface area contributed by atoms with Crippen LogP contribution in [-0.4, -0.2) is 38.9 Å². The predicted octanol–water partition coefficient (Wildman–Crippen LogP) is 2.25. The van der Waals surface area contributed by atoms with Crippen LogP contribution in [0.5, 0.6) is 0 Å². The molecule has 19 heavy (non-hydrogen) atoms. The summed E-state index contributed by atoms with van der Waals surface area (Å²) in [6.07, 6.45) is 4.25. The van der Waals surface area contributed by atoms with Gasteiger partial charge in [0.25, 0.3) is 10.1 Å². The molecule has 3 atom stereocenters. The number of ether oxygens (including phenoxy) is 2. The van der Waals surface area contributed by atoms with Gasteiger partial charge in [-0.25, -0.2) is 0 Å². The summed E-state index contributed by atoms with van der Waals surface area (Å²) >= 11 is 0. The first-order chi connectivity index (χ1) is 8.92. The lowest BCUT2D eigenvalue weighted by molar-refractivity contribution is -0.114. The van der Waals surface area contributed by atoms with Gasteiger partial charge in [0.15, 0.2) is 0 Å². The fraction of sp³-hybridized carbons (Fsp3) is 0.846. The molecule has 1 aliphatic rings. The summed E-state index contributed by atoms with van der Waals surface area (Å²) < 4.78 is 40.9. The molecule has 5 nitrogen and oxygen atoms in total. The van der Waals surface area contributed by atoms with Gasteiger partial charge in [0, 0.05) is 0 Å². The minimum Gasteiger partial charge on any atom is -0.376 e. The van der Waals surface area contributed by atoms with Gasteiger partial charge >= 0.3 is 0 Å². The van der Waals surface area contributed by atoms with Crippen LogP contribution in [0.25, 0.3) is 0 Å². The van der Waals surface area contributed by atoms with Crippen molar-refractivity contribution in [2.24, 2.45) is 11.8 Å². The van der Waals surface area contributed by atoms with Crippen molar-refractivity contribution in [2.75, 3.05) is 19.8 Å². The molecule has 6 heteroatoms. The van der Waals surface area contributed by atoms with Crippen LogP contribution < -0.4 is 0 Å². The molecule has 0 amide bonds. The topological polar surface area (TPSA) is 72.8 Å². The van der Waals surface area contributed by atoms with Gasteiger partial charge in [-0.2, -0.15) is 8.42 Å². The van der Waals surface area contributed by atoms with E-state index in [1.807, 2.05) is 0 Å². The van der Waals surface area contributed by atoms with Crippen LogP contribution in [0.15, 0.2) is 11.5 Å². The summed E-state index contributed by atoms with van der Waals surface area (Å²) in [7, 11) is -4.00. The molecular formula is C13H24O5S. The zero-order chi connectivity index (χ0) is 14.3. The van der Waals surface area contributed by atoms with Crippen LogP contribution in [0.4, 0.5) is 0 Å². The lowest BCUT2D eigenvalue weighted by Crippen LogP contribution is -2.35. The number of rotatable bonds is 7. The Morgan fingerprint density at radius 2 is 2.16 bits per heavy atom. The Bertz CT molecular complexity index is 370. The molecule has 3 unspecified atom stereocenters. The van der Waals surface area contributed by atoms with E-state index in [-0.39, 0.29) is 6.10 Å². The van der Waals surface area contributed by atoms with Crippen LogP contribution in [0, 0.1) is 11.8 Å². The normalized spacial score (nSPS) is 24.5. The second kappa shape index (κ2) is 7.99. The molecule has 0 aliphatic carbocycles. The van der Waals surface area contributed by atoms with Gasteiger partial charge in [-0.05, 0) is 24.7 Å². The van der Waals surface area contributed by atoms with E-state index in [4.69, 9.17) is 14.0 Å². The molecule has 0 spiro atoms. The van der Waals surface area contributed by atoms with Crippen LogP contribution >= 0.6 is 0 Å². The van der Waals surface area contributed by atoms with Gasteiger partial charge in [-0.15, -0.1) is 0 Å². The van der Waals surface area contributed by atoms with Crippen molar-refractivity contribution < 1.29 is 22.4 Å². The van der Waals surface area contributed by atoms with Crippen molar-refractivity contribution in [2.45, 2.75) is 39.2 Å². The van der Waals surface area contributed by atoms with E-state index in [9.17, 15) is 8.42 Å². The summed E-state index contributed by atoms with van der Waals surface area (Å²) in [5.74, 6) is 0.767. The Labute approximate surface area is 115 Å². The van der Waals surface area contributed by atoms with Gasteiger partial charge in [0.2, 0.25) is 0 Å². The smallest absolute Gasteiger partial charge is 0.287 e. The van der Waals surface area contributed by atoms with E-state index in [2.05, 4.69) is 13.8 Å². The Morgan fingerprint density at radius 1 is 1.42 bits per heavy atom. The average Bonchev–Trinajstić information content (AvgIpc) is 2.35. The molecule has 1 N–H and O–H groups in total. The van der Waals surface area contributed by atoms with Gasteiger partial charge in [0.05, 0.1) is 31.3 Å². The lowest BCUT2D eigenvalue weighted by Gasteiger charge is -2.31. The number of hydrogen-bond donors (Lipinski definition) is 1.